The summed E-state index contributed by atoms with van der Waals surface area (Å²) in [5, 5.41) is 3.95. The summed E-state index contributed by atoms with van der Waals surface area (Å²) in [4.78, 5) is 11.8. The Hall–Kier alpha value is -3.12. The van der Waals surface area contributed by atoms with Gasteiger partial charge in [-0.2, -0.15) is 5.10 Å². The van der Waals surface area contributed by atoms with E-state index in [1.165, 1.54) is 5.56 Å². The van der Waals surface area contributed by atoms with Crippen molar-refractivity contribution in [1.82, 2.24) is 5.43 Å². The third-order valence-electron chi connectivity index (χ3n) is 3.98. The van der Waals surface area contributed by atoms with Crippen LogP contribution in [0.5, 0.6) is 11.5 Å². The van der Waals surface area contributed by atoms with Crippen molar-refractivity contribution in [2.75, 3.05) is 6.61 Å². The molecular weight excluding hydrogens is 432 g/mol. The lowest BCUT2D eigenvalue weighted by molar-refractivity contribution is -0.123. The number of hydrogen-bond donors (Lipinski definition) is 1. The lowest BCUT2D eigenvalue weighted by atomic mass is 10.2. The Morgan fingerprint density at radius 3 is 2.48 bits per heavy atom. The second kappa shape index (κ2) is 10.4. The number of nitrogens with zero attached hydrogens (tertiary/aromatic N) is 1. The Labute approximate surface area is 178 Å². The Bertz CT molecular complexity index is 970. The maximum atomic E-state index is 11.8. The molecule has 0 fully saturated rings. The van der Waals surface area contributed by atoms with Crippen molar-refractivity contribution in [2.45, 2.75) is 13.5 Å². The van der Waals surface area contributed by atoms with E-state index in [2.05, 4.69) is 57.6 Å². The molecule has 148 valence electrons. The minimum absolute atomic E-state index is 0.112. The number of amides is 1. The quantitative estimate of drug-likeness (QED) is 0.391. The van der Waals surface area contributed by atoms with E-state index in [9.17, 15) is 4.79 Å². The fourth-order valence-electron chi connectivity index (χ4n) is 2.42. The van der Waals surface area contributed by atoms with E-state index >= 15 is 0 Å². The van der Waals surface area contributed by atoms with E-state index in [1.807, 2.05) is 36.4 Å². The zero-order valence-corrected chi connectivity index (χ0v) is 17.6. The molecule has 6 heteroatoms. The molecule has 5 nitrogen and oxygen atoms in total. The number of hydrazone groups is 1. The fraction of sp³-hybridized carbons (Fsp3) is 0.130. The molecule has 0 saturated carbocycles. The van der Waals surface area contributed by atoms with Crippen LogP contribution < -0.4 is 14.9 Å². The lowest BCUT2D eigenvalue weighted by Crippen LogP contribution is -2.24. The first-order valence-corrected chi connectivity index (χ1v) is 9.86. The molecule has 0 atom stereocenters. The molecular formula is C23H21BrN2O3. The van der Waals surface area contributed by atoms with Crippen molar-refractivity contribution in [2.24, 2.45) is 5.10 Å². The van der Waals surface area contributed by atoms with Gasteiger partial charge in [0.15, 0.2) is 6.61 Å². The second-order valence-electron chi connectivity index (χ2n) is 6.38. The number of nitrogens with one attached hydrogen (secondary N) is 1. The van der Waals surface area contributed by atoms with Gasteiger partial charge in [0.05, 0.1) is 6.21 Å². The molecule has 0 bridgehead atoms. The van der Waals surface area contributed by atoms with E-state index in [-0.39, 0.29) is 12.5 Å². The van der Waals surface area contributed by atoms with Crippen LogP contribution in [0.25, 0.3) is 0 Å². The fourth-order valence-corrected chi connectivity index (χ4v) is 2.80. The summed E-state index contributed by atoms with van der Waals surface area (Å²) in [6.45, 7) is 2.46. The van der Waals surface area contributed by atoms with E-state index in [0.717, 1.165) is 21.3 Å². The van der Waals surface area contributed by atoms with Gasteiger partial charge in [0.25, 0.3) is 5.91 Å². The first kappa shape index (κ1) is 20.6. The summed E-state index contributed by atoms with van der Waals surface area (Å²) >= 11 is 3.35. The van der Waals surface area contributed by atoms with Crippen LogP contribution >= 0.6 is 15.9 Å². The van der Waals surface area contributed by atoms with Gasteiger partial charge in [0, 0.05) is 4.47 Å². The molecule has 0 aromatic heterocycles. The second-order valence-corrected chi connectivity index (χ2v) is 7.30. The van der Waals surface area contributed by atoms with Crippen molar-refractivity contribution in [3.8, 4) is 11.5 Å². The van der Waals surface area contributed by atoms with E-state index in [1.54, 1.807) is 18.3 Å². The number of halogens is 1. The molecule has 3 rings (SSSR count). The molecule has 0 spiro atoms. The molecule has 1 N–H and O–H groups in total. The molecule has 0 aliphatic carbocycles. The zero-order chi connectivity index (χ0) is 20.5. The van der Waals surface area contributed by atoms with Gasteiger partial charge in [-0.25, -0.2) is 5.43 Å². The van der Waals surface area contributed by atoms with Crippen molar-refractivity contribution < 1.29 is 14.3 Å². The summed E-state index contributed by atoms with van der Waals surface area (Å²) in [6, 6.07) is 23.0. The summed E-state index contributed by atoms with van der Waals surface area (Å²) in [7, 11) is 0. The highest BCUT2D eigenvalue weighted by Crippen LogP contribution is 2.17. The van der Waals surface area contributed by atoms with E-state index < -0.39 is 0 Å². The molecule has 0 radical (unpaired) electrons. The minimum atomic E-state index is -0.334. The lowest BCUT2D eigenvalue weighted by Gasteiger charge is -2.07. The van der Waals surface area contributed by atoms with Crippen LogP contribution in [0.3, 0.4) is 0 Å². The molecule has 29 heavy (non-hydrogen) atoms. The van der Waals surface area contributed by atoms with Gasteiger partial charge < -0.3 is 9.47 Å². The smallest absolute Gasteiger partial charge is 0.277 e. The minimum Gasteiger partial charge on any atom is -0.489 e. The number of hydrogen-bond acceptors (Lipinski definition) is 4. The Kier molecular flexibility index (Phi) is 7.41. The molecule has 3 aromatic rings. The summed E-state index contributed by atoms with van der Waals surface area (Å²) < 4.78 is 12.1. The van der Waals surface area contributed by atoms with Gasteiger partial charge in [-0.3, -0.25) is 4.79 Å². The third-order valence-corrected chi connectivity index (χ3v) is 4.47. The van der Waals surface area contributed by atoms with Crippen LogP contribution in [0, 0.1) is 6.92 Å². The van der Waals surface area contributed by atoms with Crippen LogP contribution in [0.4, 0.5) is 0 Å². The Balaban J connectivity index is 1.42. The average Bonchev–Trinajstić information content (AvgIpc) is 2.73. The molecule has 0 unspecified atom stereocenters. The first-order valence-electron chi connectivity index (χ1n) is 9.07. The van der Waals surface area contributed by atoms with Gasteiger partial charge in [-0.1, -0.05) is 51.8 Å². The highest BCUT2D eigenvalue weighted by atomic mass is 79.9. The van der Waals surface area contributed by atoms with E-state index in [0.29, 0.717) is 12.4 Å². The van der Waals surface area contributed by atoms with Gasteiger partial charge >= 0.3 is 0 Å². The van der Waals surface area contributed by atoms with Crippen LogP contribution in [-0.2, 0) is 11.4 Å². The van der Waals surface area contributed by atoms with Crippen molar-refractivity contribution >= 4 is 28.1 Å². The van der Waals surface area contributed by atoms with Crippen molar-refractivity contribution in [3.05, 3.63) is 94.0 Å². The third kappa shape index (κ3) is 7.08. The largest absolute Gasteiger partial charge is 0.489 e. The standard InChI is InChI=1S/C23H21BrN2O3/c1-17-5-7-19(8-6-17)15-28-21-11-9-18(10-12-21)14-25-26-23(27)16-29-22-4-2-3-20(24)13-22/h2-14H,15-16H2,1H3,(H,26,27)/b25-14+. The Morgan fingerprint density at radius 1 is 1.00 bits per heavy atom. The van der Waals surface area contributed by atoms with Crippen LogP contribution in [0.2, 0.25) is 0 Å². The van der Waals surface area contributed by atoms with Gasteiger partial charge in [0.1, 0.15) is 18.1 Å². The number of carbonyl (C=O) groups excluding carboxylic acids is 1. The van der Waals surface area contributed by atoms with E-state index in [4.69, 9.17) is 9.47 Å². The highest BCUT2D eigenvalue weighted by molar-refractivity contribution is 9.10. The normalized spacial score (nSPS) is 10.7. The number of benzene rings is 3. The number of ether oxygens (including phenoxy) is 2. The van der Waals surface area contributed by atoms with Crippen LogP contribution in [0.1, 0.15) is 16.7 Å². The number of rotatable bonds is 8. The molecule has 0 aliphatic heterocycles. The molecule has 0 heterocycles. The topological polar surface area (TPSA) is 59.9 Å². The number of carbonyl (C=O) groups is 1. The molecule has 0 saturated heterocycles. The van der Waals surface area contributed by atoms with Gasteiger partial charge in [0.2, 0.25) is 0 Å². The molecule has 0 aliphatic rings. The SMILES string of the molecule is Cc1ccc(COc2ccc(/C=N/NC(=O)COc3cccc(Br)c3)cc2)cc1. The maximum Gasteiger partial charge on any atom is 0.277 e. The van der Waals surface area contributed by atoms with Crippen LogP contribution in [-0.4, -0.2) is 18.7 Å². The van der Waals surface area contributed by atoms with Crippen molar-refractivity contribution in [1.29, 1.82) is 0 Å². The molecule has 1 amide bonds. The average molecular weight is 453 g/mol. The highest BCUT2D eigenvalue weighted by Gasteiger charge is 2.02. The first-order chi connectivity index (χ1) is 14.1. The van der Waals surface area contributed by atoms with Crippen LogP contribution in [0.15, 0.2) is 82.4 Å². The predicted molar refractivity (Wildman–Crippen MR) is 117 cm³/mol. The summed E-state index contributed by atoms with van der Waals surface area (Å²) in [6.07, 6.45) is 1.57. The van der Waals surface area contributed by atoms with Gasteiger partial charge in [-0.05, 0) is 60.5 Å². The predicted octanol–water partition coefficient (Wildman–Crippen LogP) is 4.87. The molecule has 3 aromatic carbocycles. The number of aryl methyl sites for hydroxylation is 1. The maximum absolute atomic E-state index is 11.8. The monoisotopic (exact) mass is 452 g/mol. The Morgan fingerprint density at radius 2 is 1.76 bits per heavy atom. The van der Waals surface area contributed by atoms with Gasteiger partial charge in [-0.15, -0.1) is 0 Å². The summed E-state index contributed by atoms with van der Waals surface area (Å²) in [5.41, 5.74) is 5.64. The zero-order valence-electron chi connectivity index (χ0n) is 16.0. The summed E-state index contributed by atoms with van der Waals surface area (Å²) in [5.74, 6) is 1.05. The van der Waals surface area contributed by atoms with Crippen molar-refractivity contribution in [3.63, 3.8) is 0 Å².